The zero-order valence-corrected chi connectivity index (χ0v) is 16.0. The van der Waals surface area contributed by atoms with Crippen LogP contribution in [0.2, 0.25) is 0 Å². The van der Waals surface area contributed by atoms with Gasteiger partial charge in [-0.05, 0) is 38.7 Å². The maximum atomic E-state index is 12.5. The van der Waals surface area contributed by atoms with E-state index in [4.69, 9.17) is 4.74 Å². The van der Waals surface area contributed by atoms with Crippen LogP contribution in [-0.2, 0) is 9.63 Å². The molecule has 0 radical (unpaired) electrons. The van der Waals surface area contributed by atoms with Gasteiger partial charge in [0.25, 0.3) is 5.91 Å². The second kappa shape index (κ2) is 7.85. The summed E-state index contributed by atoms with van der Waals surface area (Å²) >= 11 is 2.91. The van der Waals surface area contributed by atoms with Crippen LogP contribution in [0.1, 0.15) is 19.4 Å². The summed E-state index contributed by atoms with van der Waals surface area (Å²) in [5.74, 6) is 0.398. The van der Waals surface area contributed by atoms with Crippen LogP contribution in [-0.4, -0.2) is 41.4 Å². The number of nitrogens with zero attached hydrogens (tertiary/aromatic N) is 2. The molecule has 2 aromatic rings. The number of fused-ring (bicyclic) bond motifs is 1. The molecule has 1 aromatic carbocycles. The molecular weight excluding hydrogens is 346 g/mol. The van der Waals surface area contributed by atoms with Gasteiger partial charge in [-0.3, -0.25) is 4.79 Å². The van der Waals surface area contributed by atoms with Gasteiger partial charge in [-0.15, -0.1) is 23.1 Å². The number of amides is 1. The molecule has 0 bridgehead atoms. The summed E-state index contributed by atoms with van der Waals surface area (Å²) in [5, 5.41) is 6.59. The lowest BCUT2D eigenvalue weighted by Crippen LogP contribution is -2.49. The summed E-state index contributed by atoms with van der Waals surface area (Å²) in [6, 6.07) is 3.78. The summed E-state index contributed by atoms with van der Waals surface area (Å²) in [6.45, 7) is 5.67. The second-order valence-electron chi connectivity index (χ2n) is 5.75. The molecule has 1 aromatic heterocycles. The van der Waals surface area contributed by atoms with E-state index in [9.17, 15) is 4.79 Å². The first-order valence-corrected chi connectivity index (χ1v) is 9.46. The number of nitrogens with one attached hydrogen (secondary N) is 1. The van der Waals surface area contributed by atoms with Gasteiger partial charge in [-0.2, -0.15) is 0 Å². The summed E-state index contributed by atoms with van der Waals surface area (Å²) in [7, 11) is 1.46. The van der Waals surface area contributed by atoms with Gasteiger partial charge in [0, 0.05) is 6.07 Å². The van der Waals surface area contributed by atoms with E-state index in [2.05, 4.69) is 20.3 Å². The zero-order chi connectivity index (χ0) is 17.7. The van der Waals surface area contributed by atoms with Crippen molar-refractivity contribution in [2.45, 2.75) is 31.7 Å². The summed E-state index contributed by atoms with van der Waals surface area (Å²) in [4.78, 5) is 21.5. The fourth-order valence-corrected chi connectivity index (χ4v) is 3.33. The van der Waals surface area contributed by atoms with Crippen LogP contribution in [0, 0.1) is 6.92 Å². The molecule has 130 valence electrons. The van der Waals surface area contributed by atoms with Crippen molar-refractivity contribution in [1.29, 1.82) is 0 Å². The number of thioether (sulfide) groups is 1. The van der Waals surface area contributed by atoms with Crippen molar-refractivity contribution in [3.8, 4) is 5.75 Å². The molecule has 24 heavy (non-hydrogen) atoms. The molecular formula is C16H21N3O3S2. The van der Waals surface area contributed by atoms with Crippen molar-refractivity contribution in [3.05, 3.63) is 23.2 Å². The van der Waals surface area contributed by atoms with E-state index in [1.54, 1.807) is 16.8 Å². The van der Waals surface area contributed by atoms with E-state index in [1.807, 2.05) is 39.2 Å². The Kier molecular flexibility index (Phi) is 6.06. The predicted octanol–water partition coefficient (Wildman–Crippen LogP) is 3.20. The van der Waals surface area contributed by atoms with Crippen molar-refractivity contribution in [2.24, 2.45) is 5.16 Å². The highest BCUT2D eigenvalue weighted by Crippen LogP contribution is 2.28. The minimum atomic E-state index is -0.671. The molecule has 8 heteroatoms. The van der Waals surface area contributed by atoms with Crippen LogP contribution in [0.25, 0.3) is 10.2 Å². The lowest BCUT2D eigenvalue weighted by molar-refractivity contribution is -0.125. The minimum Gasteiger partial charge on any atom is -0.470 e. The molecule has 0 aliphatic carbocycles. The largest absolute Gasteiger partial charge is 0.470 e. The van der Waals surface area contributed by atoms with Gasteiger partial charge >= 0.3 is 0 Å². The Labute approximate surface area is 149 Å². The first-order valence-electron chi connectivity index (χ1n) is 7.29. The Morgan fingerprint density at radius 3 is 2.92 bits per heavy atom. The highest BCUT2D eigenvalue weighted by Gasteiger charge is 2.26. The monoisotopic (exact) mass is 367 g/mol. The standard InChI is InChI=1S/C16H21N3O3S2/c1-10-6-11(7-12-13(10)24-9-17-12)22-15(23-5)14(20)19-16(2,3)8-18-21-4/h6-9,15H,1-5H3,(H,19,20)/b18-8+. The number of aromatic nitrogens is 1. The normalized spacial score (nSPS) is 13.2. The number of rotatable bonds is 7. The van der Waals surface area contributed by atoms with Gasteiger partial charge in [-0.25, -0.2) is 4.98 Å². The number of benzene rings is 1. The fraction of sp³-hybridized carbons (Fsp3) is 0.438. The van der Waals surface area contributed by atoms with Gasteiger partial charge in [0.2, 0.25) is 5.44 Å². The Morgan fingerprint density at radius 2 is 2.25 bits per heavy atom. The van der Waals surface area contributed by atoms with Gasteiger partial charge in [0.05, 0.1) is 27.5 Å². The molecule has 0 spiro atoms. The smallest absolute Gasteiger partial charge is 0.272 e. The maximum absolute atomic E-state index is 12.5. The molecule has 1 N–H and O–H groups in total. The highest BCUT2D eigenvalue weighted by atomic mass is 32.2. The molecule has 1 heterocycles. The van der Waals surface area contributed by atoms with Crippen LogP contribution >= 0.6 is 23.1 Å². The molecule has 0 aliphatic heterocycles. The number of aryl methyl sites for hydroxylation is 1. The molecule has 0 aliphatic rings. The SMILES string of the molecule is CO/N=C/C(C)(C)NC(=O)C(Oc1cc(C)c2scnc2c1)SC. The molecule has 6 nitrogen and oxygen atoms in total. The lowest BCUT2D eigenvalue weighted by Gasteiger charge is -2.24. The number of thiazole rings is 1. The number of hydrogen-bond acceptors (Lipinski definition) is 7. The Hall–Kier alpha value is -1.80. The third kappa shape index (κ3) is 4.61. The number of ether oxygens (including phenoxy) is 1. The van der Waals surface area contributed by atoms with Crippen molar-refractivity contribution in [3.63, 3.8) is 0 Å². The van der Waals surface area contributed by atoms with E-state index >= 15 is 0 Å². The van der Waals surface area contributed by atoms with Crippen LogP contribution in [0.4, 0.5) is 0 Å². The number of carbonyl (C=O) groups excluding carboxylic acids is 1. The average molecular weight is 367 g/mol. The van der Waals surface area contributed by atoms with Crippen LogP contribution in [0.3, 0.4) is 0 Å². The number of hydrogen-bond donors (Lipinski definition) is 1. The van der Waals surface area contributed by atoms with Crippen molar-refractivity contribution in [1.82, 2.24) is 10.3 Å². The van der Waals surface area contributed by atoms with Gasteiger partial charge in [-0.1, -0.05) is 5.16 Å². The molecule has 2 rings (SSSR count). The van der Waals surface area contributed by atoms with Gasteiger partial charge < -0.3 is 14.9 Å². The lowest BCUT2D eigenvalue weighted by atomic mass is 10.1. The Morgan fingerprint density at radius 1 is 1.50 bits per heavy atom. The molecule has 1 amide bonds. The van der Waals surface area contributed by atoms with Crippen LogP contribution in [0.15, 0.2) is 22.8 Å². The van der Waals surface area contributed by atoms with Gasteiger partial charge in [0.1, 0.15) is 12.9 Å². The maximum Gasteiger partial charge on any atom is 0.272 e. The average Bonchev–Trinajstić information content (AvgIpc) is 2.99. The van der Waals surface area contributed by atoms with E-state index < -0.39 is 11.0 Å². The number of oxime groups is 1. The zero-order valence-electron chi connectivity index (χ0n) is 14.3. The molecule has 0 saturated heterocycles. The quantitative estimate of drug-likeness (QED) is 0.462. The molecule has 1 atom stereocenters. The van der Waals surface area contributed by atoms with Crippen LogP contribution < -0.4 is 10.1 Å². The molecule has 0 fully saturated rings. The van der Waals surface area contributed by atoms with Crippen molar-refractivity contribution < 1.29 is 14.4 Å². The summed E-state index contributed by atoms with van der Waals surface area (Å²) in [6.07, 6.45) is 3.36. The first-order chi connectivity index (χ1) is 11.4. The van der Waals surface area contributed by atoms with E-state index in [1.165, 1.54) is 25.1 Å². The fourth-order valence-electron chi connectivity index (χ4n) is 2.10. The van der Waals surface area contributed by atoms with Crippen molar-refractivity contribution >= 4 is 45.4 Å². The van der Waals surface area contributed by atoms with Crippen LogP contribution in [0.5, 0.6) is 5.75 Å². The van der Waals surface area contributed by atoms with E-state index in [0.717, 1.165) is 15.8 Å². The third-order valence-electron chi connectivity index (χ3n) is 3.19. The Balaban J connectivity index is 2.12. The topological polar surface area (TPSA) is 72.8 Å². The number of carbonyl (C=O) groups is 1. The molecule has 0 saturated carbocycles. The predicted molar refractivity (Wildman–Crippen MR) is 100 cm³/mol. The second-order valence-corrected chi connectivity index (χ2v) is 7.51. The molecule has 1 unspecified atom stereocenters. The Bertz CT molecular complexity index is 743. The highest BCUT2D eigenvalue weighted by molar-refractivity contribution is 7.99. The van der Waals surface area contributed by atoms with Gasteiger partial charge in [0.15, 0.2) is 0 Å². The first kappa shape index (κ1) is 18.5. The van der Waals surface area contributed by atoms with E-state index in [0.29, 0.717) is 5.75 Å². The summed E-state index contributed by atoms with van der Waals surface area (Å²) < 4.78 is 7.00. The van der Waals surface area contributed by atoms with E-state index in [-0.39, 0.29) is 5.91 Å². The third-order valence-corrected chi connectivity index (χ3v) is 4.90. The summed E-state index contributed by atoms with van der Waals surface area (Å²) in [5.41, 5.74) is 2.45. The minimum absolute atomic E-state index is 0.230. The van der Waals surface area contributed by atoms with Crippen molar-refractivity contribution in [2.75, 3.05) is 13.4 Å².